The van der Waals surface area contributed by atoms with Crippen molar-refractivity contribution >= 4 is 22.9 Å². The van der Waals surface area contributed by atoms with Gasteiger partial charge in [-0.3, -0.25) is 9.69 Å². The number of anilines is 1. The average Bonchev–Trinajstić information content (AvgIpc) is 3.36. The van der Waals surface area contributed by atoms with Gasteiger partial charge in [0.05, 0.1) is 24.9 Å². The van der Waals surface area contributed by atoms with Gasteiger partial charge >= 0.3 is 0 Å². The Hall–Kier alpha value is -2.94. The normalized spacial score (nSPS) is 23.5. The number of rotatable bonds is 6. The summed E-state index contributed by atoms with van der Waals surface area (Å²) in [5.41, 5.74) is 11.1. The molecule has 0 bridgehead atoms. The minimum Gasteiger partial charge on any atom is -0.488 e. The van der Waals surface area contributed by atoms with Gasteiger partial charge in [-0.05, 0) is 91.3 Å². The maximum absolute atomic E-state index is 8.36. The van der Waals surface area contributed by atoms with Gasteiger partial charge in [0.2, 0.25) is 0 Å². The van der Waals surface area contributed by atoms with Gasteiger partial charge in [-0.15, -0.1) is 11.3 Å². The maximum atomic E-state index is 8.36. The number of ether oxygens (including phenoxy) is 2. The Morgan fingerprint density at radius 1 is 1.20 bits per heavy atom. The van der Waals surface area contributed by atoms with Crippen LogP contribution in [0, 0.1) is 32.1 Å². The number of carboxylic acid groups (broad SMARTS) is 1. The van der Waals surface area contributed by atoms with E-state index in [9.17, 15) is 0 Å². The zero-order valence-corrected chi connectivity index (χ0v) is 25.4. The van der Waals surface area contributed by atoms with Crippen LogP contribution < -0.4 is 9.64 Å². The Balaban J connectivity index is 0.000000967. The number of piperidine rings is 1. The Bertz CT molecular complexity index is 1430. The Morgan fingerprint density at radius 2 is 2.00 bits per heavy atom. The van der Waals surface area contributed by atoms with E-state index in [1.165, 1.54) is 46.2 Å². The summed E-state index contributed by atoms with van der Waals surface area (Å²) in [7, 11) is 0. The van der Waals surface area contributed by atoms with Crippen molar-refractivity contribution in [3.8, 4) is 17.0 Å². The van der Waals surface area contributed by atoms with Crippen LogP contribution in [0.2, 0.25) is 0 Å². The fraction of sp³-hybridized carbons (Fsp3) is 0.515. The first-order valence-corrected chi connectivity index (χ1v) is 15.6. The number of hydrogen-bond donors (Lipinski definition) is 1. The van der Waals surface area contributed by atoms with Crippen molar-refractivity contribution in [3.63, 3.8) is 0 Å². The van der Waals surface area contributed by atoms with Gasteiger partial charge in [0, 0.05) is 37.1 Å². The lowest BCUT2D eigenvalue weighted by molar-refractivity contribution is -0.122. The second kappa shape index (κ2) is 11.4. The number of nitrogens with zero attached hydrogens (tertiary/aromatic N) is 3. The highest BCUT2D eigenvalue weighted by molar-refractivity contribution is 7.14. The van der Waals surface area contributed by atoms with Crippen molar-refractivity contribution in [1.82, 2.24) is 9.88 Å². The van der Waals surface area contributed by atoms with Crippen molar-refractivity contribution in [2.75, 3.05) is 37.7 Å². The Kier molecular flexibility index (Phi) is 7.83. The first-order valence-electron chi connectivity index (χ1n) is 14.7. The van der Waals surface area contributed by atoms with E-state index >= 15 is 0 Å². The third kappa shape index (κ3) is 5.62. The molecule has 1 saturated carbocycles. The molecule has 1 aromatic heterocycles. The average molecular weight is 576 g/mol. The third-order valence-electron chi connectivity index (χ3n) is 9.80. The molecule has 2 unspecified atom stereocenters. The maximum Gasteiger partial charge on any atom is 0.290 e. The highest BCUT2D eigenvalue weighted by Crippen LogP contribution is 2.58. The Labute approximate surface area is 247 Å². The fourth-order valence-corrected chi connectivity index (χ4v) is 7.64. The second-order valence-corrected chi connectivity index (χ2v) is 13.3. The van der Waals surface area contributed by atoms with Crippen LogP contribution in [0.5, 0.6) is 5.75 Å². The van der Waals surface area contributed by atoms with Crippen molar-refractivity contribution in [3.05, 3.63) is 63.0 Å². The van der Waals surface area contributed by atoms with E-state index in [1.54, 1.807) is 11.3 Å². The van der Waals surface area contributed by atoms with E-state index in [0.717, 1.165) is 73.9 Å². The fourth-order valence-electron chi connectivity index (χ4n) is 6.78. The number of carbonyl (C=O) groups is 1. The molecule has 1 N–H and O–H groups in total. The topological polar surface area (TPSA) is 75.1 Å². The predicted molar refractivity (Wildman–Crippen MR) is 163 cm³/mol. The monoisotopic (exact) mass is 575 g/mol. The van der Waals surface area contributed by atoms with Gasteiger partial charge in [0.15, 0.2) is 5.13 Å². The van der Waals surface area contributed by atoms with Crippen molar-refractivity contribution in [2.24, 2.45) is 11.3 Å². The van der Waals surface area contributed by atoms with Crippen LogP contribution >= 0.6 is 11.3 Å². The van der Waals surface area contributed by atoms with Gasteiger partial charge in [0.25, 0.3) is 6.47 Å². The molecule has 2 saturated heterocycles. The molecule has 8 heteroatoms. The lowest BCUT2D eigenvalue weighted by atomic mass is 9.88. The summed E-state index contributed by atoms with van der Waals surface area (Å²) in [6.45, 7) is 15.7. The largest absolute Gasteiger partial charge is 0.488 e. The molecule has 41 heavy (non-hydrogen) atoms. The van der Waals surface area contributed by atoms with Crippen molar-refractivity contribution in [1.29, 1.82) is 0 Å². The molecule has 2 atom stereocenters. The SMILES string of the molecule is Cc1ccc(OCc2cc(C)c3c(c2C)CCN(C2COC2)C3)c(-c2csc(N3CCC4(C)CC4C3)n2)c1.O=CO. The summed E-state index contributed by atoms with van der Waals surface area (Å²) in [5, 5.41) is 10.3. The molecule has 4 aliphatic rings. The van der Waals surface area contributed by atoms with Gasteiger partial charge in [-0.25, -0.2) is 4.98 Å². The highest BCUT2D eigenvalue weighted by Gasteiger charge is 2.52. The summed E-state index contributed by atoms with van der Waals surface area (Å²) in [6, 6.07) is 9.45. The van der Waals surface area contributed by atoms with Crippen molar-refractivity contribution < 1.29 is 19.4 Å². The summed E-state index contributed by atoms with van der Waals surface area (Å²) in [5.74, 6) is 1.77. The van der Waals surface area contributed by atoms with Crippen LogP contribution in [0.15, 0.2) is 29.6 Å². The number of thiazole rings is 1. The van der Waals surface area contributed by atoms with Crippen molar-refractivity contribution in [2.45, 2.75) is 66.2 Å². The number of aromatic nitrogens is 1. The molecular weight excluding hydrogens is 534 g/mol. The van der Waals surface area contributed by atoms with E-state index in [2.05, 4.69) is 67.1 Å². The van der Waals surface area contributed by atoms with Crippen LogP contribution in [0.3, 0.4) is 0 Å². The second-order valence-electron chi connectivity index (χ2n) is 12.5. The van der Waals surface area contributed by atoms with Crippen LogP contribution in [0.4, 0.5) is 5.13 Å². The molecule has 4 heterocycles. The van der Waals surface area contributed by atoms with Crippen LogP contribution in [-0.2, 0) is 29.1 Å². The molecule has 0 spiro atoms. The van der Waals surface area contributed by atoms with E-state index in [1.807, 2.05) is 0 Å². The summed E-state index contributed by atoms with van der Waals surface area (Å²) in [6.07, 6.45) is 3.78. The zero-order valence-electron chi connectivity index (χ0n) is 24.6. The predicted octanol–water partition coefficient (Wildman–Crippen LogP) is 6.01. The molecule has 2 aromatic carbocycles. The minimum atomic E-state index is -0.250. The molecular formula is C33H41N3O4S. The summed E-state index contributed by atoms with van der Waals surface area (Å²) < 4.78 is 12.0. The highest BCUT2D eigenvalue weighted by atomic mass is 32.1. The molecule has 3 aromatic rings. The van der Waals surface area contributed by atoms with E-state index in [-0.39, 0.29) is 6.47 Å². The molecule has 3 aliphatic heterocycles. The van der Waals surface area contributed by atoms with E-state index < -0.39 is 0 Å². The molecule has 0 amide bonds. The Morgan fingerprint density at radius 3 is 2.73 bits per heavy atom. The molecule has 3 fully saturated rings. The first kappa shape index (κ1) is 28.2. The molecule has 1 aliphatic carbocycles. The lowest BCUT2D eigenvalue weighted by Crippen LogP contribution is -2.50. The number of benzene rings is 2. The zero-order chi connectivity index (χ0) is 28.7. The molecule has 0 radical (unpaired) electrons. The third-order valence-corrected chi connectivity index (χ3v) is 10.7. The quantitative estimate of drug-likeness (QED) is 0.361. The van der Waals surface area contributed by atoms with Gasteiger partial charge < -0.3 is 19.5 Å². The van der Waals surface area contributed by atoms with Crippen LogP contribution in [0.25, 0.3) is 11.3 Å². The molecule has 7 nitrogen and oxygen atoms in total. The standard InChI is InChI=1S/C32H39N3O2S.CH2O2/c1-20-5-6-30(27(11-20)29-19-38-31(33-29)35-10-8-32(4)13-24(32)14-35)37-16-23-12-21(2)28-15-34(25-17-36-18-25)9-7-26(28)22(23)3;2-1-3/h5-6,11-12,19,24-25H,7-10,13-18H2,1-4H3;1H,(H,2,3). The molecule has 7 rings (SSSR count). The first-order chi connectivity index (χ1) is 19.8. The number of fused-ring (bicyclic) bond motifs is 2. The van der Waals surface area contributed by atoms with E-state index in [4.69, 9.17) is 24.4 Å². The number of hydrogen-bond acceptors (Lipinski definition) is 7. The van der Waals surface area contributed by atoms with E-state index in [0.29, 0.717) is 18.1 Å². The summed E-state index contributed by atoms with van der Waals surface area (Å²) >= 11 is 1.77. The summed E-state index contributed by atoms with van der Waals surface area (Å²) in [4.78, 5) is 18.6. The smallest absolute Gasteiger partial charge is 0.290 e. The lowest BCUT2D eigenvalue weighted by Gasteiger charge is -2.41. The number of aryl methyl sites for hydroxylation is 2. The van der Waals surface area contributed by atoms with Gasteiger partial charge in [-0.1, -0.05) is 24.6 Å². The van der Waals surface area contributed by atoms with Crippen LogP contribution in [0.1, 0.15) is 53.1 Å². The molecule has 218 valence electrons. The van der Waals surface area contributed by atoms with Gasteiger partial charge in [0.1, 0.15) is 12.4 Å². The minimum absolute atomic E-state index is 0.250. The van der Waals surface area contributed by atoms with Crippen LogP contribution in [-0.4, -0.2) is 60.4 Å². The van der Waals surface area contributed by atoms with Gasteiger partial charge in [-0.2, -0.15) is 0 Å².